The van der Waals surface area contributed by atoms with Crippen LogP contribution in [0.5, 0.6) is 0 Å². The van der Waals surface area contributed by atoms with E-state index in [1.54, 1.807) is 6.20 Å². The lowest BCUT2D eigenvalue weighted by atomic mass is 10.2. The molecule has 23 heavy (non-hydrogen) atoms. The predicted octanol–water partition coefficient (Wildman–Crippen LogP) is 4.49. The van der Waals surface area contributed by atoms with Gasteiger partial charge in [0.25, 0.3) is 0 Å². The molecule has 0 bridgehead atoms. The van der Waals surface area contributed by atoms with E-state index in [-0.39, 0.29) is 0 Å². The summed E-state index contributed by atoms with van der Waals surface area (Å²) in [6.07, 6.45) is 1.78. The van der Waals surface area contributed by atoms with E-state index < -0.39 is 0 Å². The number of thiocarbonyl (C=S) groups is 1. The third-order valence-corrected chi connectivity index (χ3v) is 3.70. The van der Waals surface area contributed by atoms with Crippen molar-refractivity contribution in [2.75, 3.05) is 10.2 Å². The lowest BCUT2D eigenvalue weighted by Gasteiger charge is -2.25. The van der Waals surface area contributed by atoms with Crippen LogP contribution in [0.1, 0.15) is 5.56 Å². The topological polar surface area (TPSA) is 28.2 Å². The van der Waals surface area contributed by atoms with Gasteiger partial charge in [-0.15, -0.1) is 0 Å². The summed E-state index contributed by atoms with van der Waals surface area (Å²) in [6, 6.07) is 26.0. The van der Waals surface area contributed by atoms with Gasteiger partial charge in [0.2, 0.25) is 0 Å². The maximum Gasteiger partial charge on any atom is 0.179 e. The molecular weight excluding hydrogens is 302 g/mol. The highest BCUT2D eigenvalue weighted by Crippen LogP contribution is 2.16. The van der Waals surface area contributed by atoms with E-state index in [1.807, 2.05) is 71.6 Å². The molecule has 1 N–H and O–H groups in total. The summed E-state index contributed by atoms with van der Waals surface area (Å²) >= 11 is 5.61. The fourth-order valence-electron chi connectivity index (χ4n) is 2.25. The van der Waals surface area contributed by atoms with E-state index in [1.165, 1.54) is 5.56 Å². The Morgan fingerprint density at radius 3 is 2.17 bits per heavy atom. The van der Waals surface area contributed by atoms with Crippen molar-refractivity contribution in [2.24, 2.45) is 0 Å². The molecule has 0 atom stereocenters. The molecule has 1 aromatic heterocycles. The van der Waals surface area contributed by atoms with Crippen molar-refractivity contribution >= 4 is 28.8 Å². The van der Waals surface area contributed by atoms with Gasteiger partial charge >= 0.3 is 0 Å². The van der Waals surface area contributed by atoms with Crippen LogP contribution in [0, 0.1) is 0 Å². The monoisotopic (exact) mass is 319 g/mol. The van der Waals surface area contributed by atoms with Gasteiger partial charge in [0.1, 0.15) is 5.82 Å². The Morgan fingerprint density at radius 1 is 0.870 bits per heavy atom. The number of nitrogens with zero attached hydrogens (tertiary/aromatic N) is 2. The van der Waals surface area contributed by atoms with Crippen molar-refractivity contribution in [1.29, 1.82) is 0 Å². The number of benzene rings is 2. The van der Waals surface area contributed by atoms with E-state index in [2.05, 4.69) is 22.4 Å². The zero-order valence-corrected chi connectivity index (χ0v) is 13.4. The average Bonchev–Trinajstić information content (AvgIpc) is 2.62. The van der Waals surface area contributed by atoms with Gasteiger partial charge in [0, 0.05) is 11.9 Å². The molecule has 0 aliphatic heterocycles. The summed E-state index contributed by atoms with van der Waals surface area (Å²) in [4.78, 5) is 6.43. The van der Waals surface area contributed by atoms with Gasteiger partial charge in [0.15, 0.2) is 5.11 Å². The van der Waals surface area contributed by atoms with Crippen molar-refractivity contribution < 1.29 is 0 Å². The van der Waals surface area contributed by atoms with E-state index in [0.717, 1.165) is 11.5 Å². The third kappa shape index (κ3) is 4.14. The van der Waals surface area contributed by atoms with Crippen LogP contribution in [0.4, 0.5) is 11.5 Å². The Bertz CT molecular complexity index is 745. The second-order valence-corrected chi connectivity index (χ2v) is 5.44. The number of para-hydroxylation sites is 1. The zero-order chi connectivity index (χ0) is 15.9. The Kier molecular flexibility index (Phi) is 4.96. The van der Waals surface area contributed by atoms with E-state index >= 15 is 0 Å². The van der Waals surface area contributed by atoms with Crippen LogP contribution in [0.25, 0.3) is 0 Å². The van der Waals surface area contributed by atoms with Crippen LogP contribution < -0.4 is 10.2 Å². The van der Waals surface area contributed by atoms with E-state index in [0.29, 0.717) is 11.7 Å². The standard InChI is InChI=1S/C19H17N3S/c23-19(21-17-11-5-2-6-12-17)22(18-13-7-8-14-20-18)15-16-9-3-1-4-10-16/h1-14H,15H2,(H,21,23). The molecule has 0 radical (unpaired) electrons. The van der Waals surface area contributed by atoms with Crippen LogP contribution in [0.3, 0.4) is 0 Å². The third-order valence-electron chi connectivity index (χ3n) is 3.38. The molecule has 0 spiro atoms. The number of hydrogen-bond acceptors (Lipinski definition) is 2. The Morgan fingerprint density at radius 2 is 1.52 bits per heavy atom. The maximum atomic E-state index is 5.61. The van der Waals surface area contributed by atoms with Crippen LogP contribution in [0.2, 0.25) is 0 Å². The maximum absolute atomic E-state index is 5.61. The van der Waals surface area contributed by atoms with Gasteiger partial charge in [-0.1, -0.05) is 54.6 Å². The largest absolute Gasteiger partial charge is 0.332 e. The predicted molar refractivity (Wildman–Crippen MR) is 99.5 cm³/mol. The van der Waals surface area contributed by atoms with Gasteiger partial charge in [-0.3, -0.25) is 4.90 Å². The minimum atomic E-state index is 0.624. The SMILES string of the molecule is S=C(Nc1ccccc1)N(Cc1ccccc1)c1ccccn1. The quantitative estimate of drug-likeness (QED) is 0.717. The van der Waals surface area contributed by atoms with E-state index in [9.17, 15) is 0 Å². The van der Waals surface area contributed by atoms with Gasteiger partial charge in [-0.05, 0) is 42.0 Å². The highest BCUT2D eigenvalue weighted by molar-refractivity contribution is 7.80. The summed E-state index contributed by atoms with van der Waals surface area (Å²) in [5, 5.41) is 3.90. The molecule has 114 valence electrons. The van der Waals surface area contributed by atoms with Crippen molar-refractivity contribution in [2.45, 2.75) is 6.54 Å². The lowest BCUT2D eigenvalue weighted by molar-refractivity contribution is 0.983. The summed E-state index contributed by atoms with van der Waals surface area (Å²) < 4.78 is 0. The molecule has 2 aromatic carbocycles. The fourth-order valence-corrected chi connectivity index (χ4v) is 2.52. The van der Waals surface area contributed by atoms with Gasteiger partial charge in [-0.25, -0.2) is 4.98 Å². The van der Waals surface area contributed by atoms with Crippen LogP contribution in [0.15, 0.2) is 85.1 Å². The smallest absolute Gasteiger partial charge is 0.179 e. The first-order chi connectivity index (χ1) is 11.3. The Hall–Kier alpha value is -2.72. The summed E-state index contributed by atoms with van der Waals surface area (Å²) in [5.41, 5.74) is 2.14. The van der Waals surface area contributed by atoms with E-state index in [4.69, 9.17) is 12.2 Å². The summed E-state index contributed by atoms with van der Waals surface area (Å²) in [7, 11) is 0. The molecule has 0 aliphatic carbocycles. The average molecular weight is 319 g/mol. The van der Waals surface area contributed by atoms with Crippen molar-refractivity contribution in [3.05, 3.63) is 90.6 Å². The van der Waals surface area contributed by atoms with Crippen LogP contribution in [-0.4, -0.2) is 10.1 Å². The Balaban J connectivity index is 1.84. The molecule has 0 saturated carbocycles. The molecule has 0 fully saturated rings. The highest BCUT2D eigenvalue weighted by Gasteiger charge is 2.14. The van der Waals surface area contributed by atoms with Gasteiger partial charge in [-0.2, -0.15) is 0 Å². The molecule has 0 aliphatic rings. The molecule has 4 heteroatoms. The van der Waals surface area contributed by atoms with Gasteiger partial charge < -0.3 is 5.32 Å². The van der Waals surface area contributed by atoms with Crippen molar-refractivity contribution in [3.63, 3.8) is 0 Å². The Labute approximate surface area is 141 Å². The summed E-state index contributed by atoms with van der Waals surface area (Å²) in [5.74, 6) is 0.824. The van der Waals surface area contributed by atoms with Crippen LogP contribution in [-0.2, 0) is 6.54 Å². The zero-order valence-electron chi connectivity index (χ0n) is 12.6. The number of nitrogens with one attached hydrogen (secondary N) is 1. The number of rotatable bonds is 4. The summed E-state index contributed by atoms with van der Waals surface area (Å²) in [6.45, 7) is 0.663. The number of pyridine rings is 1. The first kappa shape index (κ1) is 15.2. The molecule has 3 nitrogen and oxygen atoms in total. The lowest BCUT2D eigenvalue weighted by Crippen LogP contribution is -2.34. The second kappa shape index (κ2) is 7.51. The minimum absolute atomic E-state index is 0.624. The number of hydrogen-bond donors (Lipinski definition) is 1. The fraction of sp³-hybridized carbons (Fsp3) is 0.0526. The number of aromatic nitrogens is 1. The molecule has 0 unspecified atom stereocenters. The molecule has 1 heterocycles. The molecule has 0 amide bonds. The molecular formula is C19H17N3S. The van der Waals surface area contributed by atoms with Crippen LogP contribution >= 0.6 is 12.2 Å². The molecule has 3 aromatic rings. The number of anilines is 2. The first-order valence-corrected chi connectivity index (χ1v) is 7.82. The van der Waals surface area contributed by atoms with Crippen molar-refractivity contribution in [1.82, 2.24) is 4.98 Å². The second-order valence-electron chi connectivity index (χ2n) is 5.06. The first-order valence-electron chi connectivity index (χ1n) is 7.41. The van der Waals surface area contributed by atoms with Crippen molar-refractivity contribution in [3.8, 4) is 0 Å². The molecule has 0 saturated heterocycles. The molecule has 3 rings (SSSR count). The minimum Gasteiger partial charge on any atom is -0.332 e. The van der Waals surface area contributed by atoms with Gasteiger partial charge in [0.05, 0.1) is 6.54 Å². The highest BCUT2D eigenvalue weighted by atomic mass is 32.1. The normalized spacial score (nSPS) is 10.1.